The first-order valence-electron chi connectivity index (χ1n) is 5.26. The van der Waals surface area contributed by atoms with Crippen LogP contribution in [0.4, 0.5) is 14.9 Å². The Kier molecular flexibility index (Phi) is 2.71. The molecule has 0 spiro atoms. The molecule has 2 fully saturated rings. The average Bonchev–Trinajstić information content (AvgIpc) is 2.83. The molecule has 94 valence electrons. The van der Waals surface area contributed by atoms with Crippen LogP contribution in [-0.2, 0) is 4.79 Å². The van der Waals surface area contributed by atoms with E-state index in [9.17, 15) is 14.0 Å². The van der Waals surface area contributed by atoms with Crippen LogP contribution in [0.1, 0.15) is 0 Å². The lowest BCUT2D eigenvalue weighted by molar-refractivity contribution is -0.118. The quantitative estimate of drug-likeness (QED) is 0.744. The van der Waals surface area contributed by atoms with E-state index in [1.807, 2.05) is 0 Å². The van der Waals surface area contributed by atoms with Crippen LogP contribution in [0.25, 0.3) is 0 Å². The highest BCUT2D eigenvalue weighted by Crippen LogP contribution is 2.33. The maximum Gasteiger partial charge on any atom is 0.332 e. The van der Waals surface area contributed by atoms with Crippen LogP contribution in [-0.4, -0.2) is 34.5 Å². The Hall–Kier alpha value is -1.27. The Morgan fingerprint density at radius 2 is 2.11 bits per heavy atom. The standard InChI is InChI=1S/C11H8ClFN2O2S/c12-6-1-7(13)3-8(2-6)15-10(16)9-4-18-5-14(9)11(15)17/h1-3,9H,4-5H2. The zero-order valence-corrected chi connectivity index (χ0v) is 10.7. The molecule has 1 unspecified atom stereocenters. The predicted octanol–water partition coefficient (Wildman–Crippen LogP) is 2.32. The topological polar surface area (TPSA) is 40.6 Å². The summed E-state index contributed by atoms with van der Waals surface area (Å²) in [6.45, 7) is 0. The molecular weight excluding hydrogens is 279 g/mol. The zero-order chi connectivity index (χ0) is 12.9. The lowest BCUT2D eigenvalue weighted by atomic mass is 10.2. The van der Waals surface area contributed by atoms with Gasteiger partial charge in [-0.3, -0.25) is 4.79 Å². The van der Waals surface area contributed by atoms with E-state index < -0.39 is 17.9 Å². The van der Waals surface area contributed by atoms with Crippen LogP contribution in [0.2, 0.25) is 5.02 Å². The third-order valence-electron chi connectivity index (χ3n) is 2.93. The van der Waals surface area contributed by atoms with Gasteiger partial charge in [-0.25, -0.2) is 14.1 Å². The van der Waals surface area contributed by atoms with Gasteiger partial charge in [-0.05, 0) is 18.2 Å². The van der Waals surface area contributed by atoms with Crippen molar-refractivity contribution >= 4 is 41.0 Å². The Bertz CT molecular complexity index is 512. The minimum absolute atomic E-state index is 0.159. The number of rotatable bonds is 1. The largest absolute Gasteiger partial charge is 0.332 e. The number of nitrogens with zero attached hydrogens (tertiary/aromatic N) is 2. The summed E-state index contributed by atoms with van der Waals surface area (Å²) < 4.78 is 13.3. The normalized spacial score (nSPS) is 22.9. The number of urea groups is 1. The second-order valence-corrected chi connectivity index (χ2v) is 5.51. The molecule has 7 heteroatoms. The van der Waals surface area contributed by atoms with Gasteiger partial charge in [0.1, 0.15) is 11.9 Å². The minimum Gasteiger partial charge on any atom is -0.302 e. The molecule has 3 rings (SSSR count). The highest BCUT2D eigenvalue weighted by atomic mass is 35.5. The van der Waals surface area contributed by atoms with Gasteiger partial charge in [0.2, 0.25) is 0 Å². The molecule has 2 saturated heterocycles. The van der Waals surface area contributed by atoms with E-state index in [1.54, 1.807) is 0 Å². The summed E-state index contributed by atoms with van der Waals surface area (Å²) in [7, 11) is 0. The number of fused-ring (bicyclic) bond motifs is 1. The van der Waals surface area contributed by atoms with Crippen LogP contribution in [0.3, 0.4) is 0 Å². The fourth-order valence-corrected chi connectivity index (χ4v) is 3.47. The zero-order valence-electron chi connectivity index (χ0n) is 9.10. The Balaban J connectivity index is 2.02. The van der Waals surface area contributed by atoms with Crippen molar-refractivity contribution in [2.45, 2.75) is 6.04 Å². The van der Waals surface area contributed by atoms with Crippen LogP contribution >= 0.6 is 23.4 Å². The van der Waals surface area contributed by atoms with Crippen LogP contribution < -0.4 is 4.90 Å². The van der Waals surface area contributed by atoms with E-state index in [1.165, 1.54) is 22.7 Å². The van der Waals surface area contributed by atoms with E-state index >= 15 is 0 Å². The smallest absolute Gasteiger partial charge is 0.302 e. The van der Waals surface area contributed by atoms with E-state index in [4.69, 9.17) is 11.6 Å². The number of anilines is 1. The molecule has 1 aromatic carbocycles. The van der Waals surface area contributed by atoms with Crippen molar-refractivity contribution in [1.82, 2.24) is 4.90 Å². The molecule has 2 aliphatic heterocycles. The van der Waals surface area contributed by atoms with Crippen molar-refractivity contribution in [1.29, 1.82) is 0 Å². The van der Waals surface area contributed by atoms with Crippen LogP contribution in [0, 0.1) is 5.82 Å². The van der Waals surface area contributed by atoms with Gasteiger partial charge >= 0.3 is 6.03 Å². The van der Waals surface area contributed by atoms with Gasteiger partial charge in [-0.15, -0.1) is 11.8 Å². The average molecular weight is 287 g/mol. The lowest BCUT2D eigenvalue weighted by Gasteiger charge is -2.15. The van der Waals surface area contributed by atoms with Crippen molar-refractivity contribution in [3.63, 3.8) is 0 Å². The lowest BCUT2D eigenvalue weighted by Crippen LogP contribution is -2.32. The Morgan fingerprint density at radius 1 is 1.33 bits per heavy atom. The highest BCUT2D eigenvalue weighted by Gasteiger charge is 2.48. The molecular formula is C11H8ClFN2O2S. The predicted molar refractivity (Wildman–Crippen MR) is 67.2 cm³/mol. The first-order valence-corrected chi connectivity index (χ1v) is 6.79. The van der Waals surface area contributed by atoms with Crippen molar-refractivity contribution in [2.24, 2.45) is 0 Å². The second kappa shape index (κ2) is 4.13. The summed E-state index contributed by atoms with van der Waals surface area (Å²) >= 11 is 7.27. The number of carbonyl (C=O) groups excluding carboxylic acids is 2. The second-order valence-electron chi connectivity index (χ2n) is 4.07. The fourth-order valence-electron chi connectivity index (χ4n) is 2.11. The molecule has 1 atom stereocenters. The van der Waals surface area contributed by atoms with Gasteiger partial charge in [-0.1, -0.05) is 11.6 Å². The summed E-state index contributed by atoms with van der Waals surface area (Å²) in [6, 6.07) is 2.85. The molecule has 3 amide bonds. The number of hydrogen-bond acceptors (Lipinski definition) is 3. The number of imide groups is 1. The maximum absolute atomic E-state index is 13.3. The molecule has 0 bridgehead atoms. The fraction of sp³-hybridized carbons (Fsp3) is 0.273. The van der Waals surface area contributed by atoms with E-state index in [2.05, 4.69) is 0 Å². The Morgan fingerprint density at radius 3 is 2.78 bits per heavy atom. The van der Waals surface area contributed by atoms with Gasteiger partial charge in [0, 0.05) is 10.8 Å². The molecule has 4 nitrogen and oxygen atoms in total. The van der Waals surface area contributed by atoms with Gasteiger partial charge in [-0.2, -0.15) is 0 Å². The molecule has 0 saturated carbocycles. The number of halogens is 2. The monoisotopic (exact) mass is 286 g/mol. The van der Waals surface area contributed by atoms with E-state index in [0.29, 0.717) is 11.6 Å². The molecule has 2 aliphatic rings. The molecule has 0 aliphatic carbocycles. The molecule has 2 heterocycles. The summed E-state index contributed by atoms with van der Waals surface area (Å²) in [5.41, 5.74) is 0.189. The summed E-state index contributed by atoms with van der Waals surface area (Å²) in [6.07, 6.45) is 0. The molecule has 0 aromatic heterocycles. The third kappa shape index (κ3) is 1.67. The van der Waals surface area contributed by atoms with Crippen molar-refractivity contribution in [3.05, 3.63) is 29.0 Å². The van der Waals surface area contributed by atoms with Crippen LogP contribution in [0.5, 0.6) is 0 Å². The van der Waals surface area contributed by atoms with Gasteiger partial charge in [0.15, 0.2) is 0 Å². The minimum atomic E-state index is -0.570. The number of amides is 3. The summed E-state index contributed by atoms with van der Waals surface area (Å²) in [5, 5.41) is 0.159. The van der Waals surface area contributed by atoms with Crippen molar-refractivity contribution < 1.29 is 14.0 Å². The van der Waals surface area contributed by atoms with E-state index in [0.717, 1.165) is 17.0 Å². The van der Waals surface area contributed by atoms with Crippen molar-refractivity contribution in [2.75, 3.05) is 16.5 Å². The first kappa shape index (κ1) is 11.8. The number of benzene rings is 1. The van der Waals surface area contributed by atoms with Crippen LogP contribution in [0.15, 0.2) is 18.2 Å². The maximum atomic E-state index is 13.3. The SMILES string of the molecule is O=C1C2CSCN2C(=O)N1c1cc(F)cc(Cl)c1. The van der Waals surface area contributed by atoms with Gasteiger partial charge in [0.05, 0.1) is 11.6 Å². The molecule has 0 radical (unpaired) electrons. The Labute approximate surface area is 112 Å². The van der Waals surface area contributed by atoms with E-state index in [-0.39, 0.29) is 16.6 Å². The molecule has 1 aromatic rings. The molecule has 18 heavy (non-hydrogen) atoms. The highest BCUT2D eigenvalue weighted by molar-refractivity contribution is 7.99. The van der Waals surface area contributed by atoms with Crippen molar-refractivity contribution in [3.8, 4) is 0 Å². The summed E-state index contributed by atoms with van der Waals surface area (Å²) in [4.78, 5) is 26.7. The molecule has 0 N–H and O–H groups in total. The number of hydrogen-bond donors (Lipinski definition) is 0. The number of thioether (sulfide) groups is 1. The number of carbonyl (C=O) groups is 2. The van der Waals surface area contributed by atoms with Gasteiger partial charge < -0.3 is 4.90 Å². The first-order chi connectivity index (χ1) is 8.58. The summed E-state index contributed by atoms with van der Waals surface area (Å²) in [5.74, 6) is 0.199. The van der Waals surface area contributed by atoms with Gasteiger partial charge in [0.25, 0.3) is 5.91 Å². The third-order valence-corrected chi connectivity index (χ3v) is 4.16.